The van der Waals surface area contributed by atoms with Gasteiger partial charge in [-0.3, -0.25) is 5.10 Å². The second-order valence-corrected chi connectivity index (χ2v) is 6.38. The molecule has 0 aromatic carbocycles. The zero-order chi connectivity index (χ0) is 13.7. The average Bonchev–Trinajstić information content (AvgIpc) is 2.80. The maximum absolute atomic E-state index is 4.08. The van der Waals surface area contributed by atoms with Crippen LogP contribution < -0.4 is 5.32 Å². The summed E-state index contributed by atoms with van der Waals surface area (Å²) in [6.07, 6.45) is 9.92. The molecule has 0 spiro atoms. The van der Waals surface area contributed by atoms with Gasteiger partial charge in [-0.25, -0.2) is 0 Å². The molecule has 0 saturated heterocycles. The Morgan fingerprint density at radius 3 is 2.84 bits per heavy atom. The number of hydrogen-bond acceptors (Lipinski definition) is 2. The Morgan fingerprint density at radius 2 is 2.16 bits per heavy atom. The van der Waals surface area contributed by atoms with Crippen molar-refractivity contribution in [3.05, 3.63) is 17.5 Å². The summed E-state index contributed by atoms with van der Waals surface area (Å²) >= 11 is 0. The number of hydrogen-bond donors (Lipinski definition) is 2. The molecule has 1 aliphatic carbocycles. The van der Waals surface area contributed by atoms with E-state index in [4.69, 9.17) is 0 Å². The Balaban J connectivity index is 1.71. The van der Waals surface area contributed by atoms with E-state index in [1.807, 2.05) is 6.20 Å². The van der Waals surface area contributed by atoms with Crippen LogP contribution in [0.3, 0.4) is 0 Å². The van der Waals surface area contributed by atoms with Crippen molar-refractivity contribution < 1.29 is 0 Å². The van der Waals surface area contributed by atoms with E-state index in [9.17, 15) is 0 Å². The second kappa shape index (κ2) is 7.09. The van der Waals surface area contributed by atoms with E-state index < -0.39 is 0 Å². The minimum absolute atomic E-state index is 0.749. The van der Waals surface area contributed by atoms with Crippen molar-refractivity contribution in [3.63, 3.8) is 0 Å². The predicted octanol–water partition coefficient (Wildman–Crippen LogP) is 3.46. The van der Waals surface area contributed by atoms with E-state index in [1.54, 1.807) is 0 Å². The second-order valence-electron chi connectivity index (χ2n) is 6.38. The van der Waals surface area contributed by atoms with Crippen LogP contribution in [-0.4, -0.2) is 22.8 Å². The molecule has 3 nitrogen and oxygen atoms in total. The van der Waals surface area contributed by atoms with Gasteiger partial charge in [0.15, 0.2) is 0 Å². The van der Waals surface area contributed by atoms with Crippen molar-refractivity contribution in [1.82, 2.24) is 15.5 Å². The Morgan fingerprint density at radius 1 is 1.37 bits per heavy atom. The molecule has 0 radical (unpaired) electrons. The molecule has 0 aliphatic heterocycles. The quantitative estimate of drug-likeness (QED) is 0.772. The standard InChI is InChI=1S/C16H29N3/c1-12(2)15-8-4-5-9-16(15)17-10-6-7-14-11-18-19-13(14)3/h11-12,15-17H,4-10H2,1-3H3,(H,18,19). The van der Waals surface area contributed by atoms with Crippen molar-refractivity contribution >= 4 is 0 Å². The summed E-state index contributed by atoms with van der Waals surface area (Å²) in [6, 6.07) is 0.749. The molecule has 1 aromatic rings. The van der Waals surface area contributed by atoms with Crippen molar-refractivity contribution in [2.45, 2.75) is 65.3 Å². The van der Waals surface area contributed by atoms with E-state index in [2.05, 4.69) is 36.3 Å². The Labute approximate surface area is 117 Å². The van der Waals surface area contributed by atoms with Gasteiger partial charge in [0.05, 0.1) is 6.20 Å². The fraction of sp³-hybridized carbons (Fsp3) is 0.812. The molecule has 19 heavy (non-hydrogen) atoms. The summed E-state index contributed by atoms with van der Waals surface area (Å²) in [5.74, 6) is 1.69. The molecule has 2 N–H and O–H groups in total. The van der Waals surface area contributed by atoms with Crippen molar-refractivity contribution in [2.24, 2.45) is 11.8 Å². The van der Waals surface area contributed by atoms with Gasteiger partial charge in [-0.2, -0.15) is 5.10 Å². The first kappa shape index (κ1) is 14.6. The molecule has 1 heterocycles. The minimum atomic E-state index is 0.749. The lowest BCUT2D eigenvalue weighted by atomic mass is 9.78. The molecule has 2 atom stereocenters. The summed E-state index contributed by atoms with van der Waals surface area (Å²) in [6.45, 7) is 7.99. The minimum Gasteiger partial charge on any atom is -0.314 e. The van der Waals surface area contributed by atoms with Gasteiger partial charge in [0, 0.05) is 11.7 Å². The molecule has 1 aromatic heterocycles. The highest BCUT2D eigenvalue weighted by molar-refractivity contribution is 5.14. The van der Waals surface area contributed by atoms with Gasteiger partial charge in [0.1, 0.15) is 0 Å². The number of rotatable bonds is 6. The monoisotopic (exact) mass is 263 g/mol. The number of nitrogens with one attached hydrogen (secondary N) is 2. The molecule has 108 valence electrons. The summed E-state index contributed by atoms with van der Waals surface area (Å²) in [5.41, 5.74) is 2.59. The van der Waals surface area contributed by atoms with Gasteiger partial charge in [-0.1, -0.05) is 26.7 Å². The number of H-pyrrole nitrogens is 1. The van der Waals surface area contributed by atoms with Gasteiger partial charge in [-0.15, -0.1) is 0 Å². The van der Waals surface area contributed by atoms with Gasteiger partial charge >= 0.3 is 0 Å². The van der Waals surface area contributed by atoms with E-state index in [0.717, 1.165) is 30.8 Å². The zero-order valence-electron chi connectivity index (χ0n) is 12.7. The molecule has 2 rings (SSSR count). The smallest absolute Gasteiger partial charge is 0.0522 e. The topological polar surface area (TPSA) is 40.7 Å². The number of aromatic nitrogens is 2. The third-order valence-electron chi connectivity index (χ3n) is 4.64. The van der Waals surface area contributed by atoms with Crippen LogP contribution in [-0.2, 0) is 6.42 Å². The summed E-state index contributed by atoms with van der Waals surface area (Å²) in [7, 11) is 0. The van der Waals surface area contributed by atoms with E-state index in [-0.39, 0.29) is 0 Å². The van der Waals surface area contributed by atoms with Crippen LogP contribution in [0.1, 0.15) is 57.2 Å². The number of aryl methyl sites for hydroxylation is 2. The van der Waals surface area contributed by atoms with Gasteiger partial charge in [-0.05, 0) is 56.6 Å². The first-order valence-electron chi connectivity index (χ1n) is 7.90. The van der Waals surface area contributed by atoms with Crippen molar-refractivity contribution in [2.75, 3.05) is 6.54 Å². The Hall–Kier alpha value is -0.830. The lowest BCUT2D eigenvalue weighted by Gasteiger charge is -2.35. The van der Waals surface area contributed by atoms with Crippen molar-refractivity contribution in [3.8, 4) is 0 Å². The molecule has 1 saturated carbocycles. The van der Waals surface area contributed by atoms with E-state index >= 15 is 0 Å². The van der Waals surface area contributed by atoms with Crippen LogP contribution in [0.4, 0.5) is 0 Å². The maximum Gasteiger partial charge on any atom is 0.0522 e. The van der Waals surface area contributed by atoms with Gasteiger partial charge in [0.2, 0.25) is 0 Å². The van der Waals surface area contributed by atoms with Crippen LogP contribution >= 0.6 is 0 Å². The van der Waals surface area contributed by atoms with Gasteiger partial charge in [0.25, 0.3) is 0 Å². The fourth-order valence-corrected chi connectivity index (χ4v) is 3.40. The highest BCUT2D eigenvalue weighted by Crippen LogP contribution is 2.30. The fourth-order valence-electron chi connectivity index (χ4n) is 3.40. The van der Waals surface area contributed by atoms with E-state index in [1.165, 1.54) is 43.4 Å². The van der Waals surface area contributed by atoms with E-state index in [0.29, 0.717) is 0 Å². The third-order valence-corrected chi connectivity index (χ3v) is 4.64. The van der Waals surface area contributed by atoms with Crippen LogP contribution in [0.25, 0.3) is 0 Å². The molecular weight excluding hydrogens is 234 g/mol. The maximum atomic E-state index is 4.08. The summed E-state index contributed by atoms with van der Waals surface area (Å²) in [4.78, 5) is 0. The Kier molecular flexibility index (Phi) is 5.44. The SMILES string of the molecule is Cc1[nH]ncc1CCCNC1CCCCC1C(C)C. The third kappa shape index (κ3) is 4.07. The first-order chi connectivity index (χ1) is 9.18. The summed E-state index contributed by atoms with van der Waals surface area (Å²) < 4.78 is 0. The highest BCUT2D eigenvalue weighted by atomic mass is 15.1. The highest BCUT2D eigenvalue weighted by Gasteiger charge is 2.26. The number of aromatic amines is 1. The normalized spacial score (nSPS) is 24.0. The largest absolute Gasteiger partial charge is 0.314 e. The lowest BCUT2D eigenvalue weighted by Crippen LogP contribution is -2.41. The predicted molar refractivity (Wildman–Crippen MR) is 80.2 cm³/mol. The molecule has 0 bridgehead atoms. The lowest BCUT2D eigenvalue weighted by molar-refractivity contribution is 0.206. The average molecular weight is 263 g/mol. The molecule has 3 heteroatoms. The van der Waals surface area contributed by atoms with Gasteiger partial charge < -0.3 is 5.32 Å². The van der Waals surface area contributed by atoms with Crippen LogP contribution in [0.15, 0.2) is 6.20 Å². The molecule has 1 aliphatic rings. The number of nitrogens with zero attached hydrogens (tertiary/aromatic N) is 1. The summed E-state index contributed by atoms with van der Waals surface area (Å²) in [5, 5.41) is 10.9. The van der Waals surface area contributed by atoms with Crippen LogP contribution in [0, 0.1) is 18.8 Å². The Bertz CT molecular complexity index is 370. The van der Waals surface area contributed by atoms with Crippen LogP contribution in [0.5, 0.6) is 0 Å². The van der Waals surface area contributed by atoms with Crippen LogP contribution in [0.2, 0.25) is 0 Å². The first-order valence-corrected chi connectivity index (χ1v) is 7.90. The molecule has 2 unspecified atom stereocenters. The zero-order valence-corrected chi connectivity index (χ0v) is 12.7. The molecule has 1 fully saturated rings. The van der Waals surface area contributed by atoms with Crippen molar-refractivity contribution in [1.29, 1.82) is 0 Å². The molecular formula is C16H29N3. The molecule has 0 amide bonds.